The number of carbonyl (C=O) groups is 1. The van der Waals surface area contributed by atoms with Crippen molar-refractivity contribution in [3.8, 4) is 0 Å². The molecular weight excluding hydrogens is 280 g/mol. The zero-order valence-corrected chi connectivity index (χ0v) is 11.5. The first-order valence-corrected chi connectivity index (χ1v) is 6.39. The van der Waals surface area contributed by atoms with Crippen LogP contribution in [0.15, 0.2) is 12.1 Å². The van der Waals surface area contributed by atoms with Crippen LogP contribution in [0.25, 0.3) is 0 Å². The molecule has 1 saturated heterocycles. The number of nitrogens with zero attached hydrogens (tertiary/aromatic N) is 1. The van der Waals surface area contributed by atoms with Gasteiger partial charge in [0.15, 0.2) is 0 Å². The number of hydrogen-bond donors (Lipinski definition) is 3. The molecule has 1 atom stereocenters. The van der Waals surface area contributed by atoms with Crippen molar-refractivity contribution in [1.82, 2.24) is 0 Å². The average Bonchev–Trinajstić information content (AvgIpc) is 2.84. The molecule has 0 amide bonds. The van der Waals surface area contributed by atoms with Crippen molar-refractivity contribution >= 4 is 17.3 Å². The maximum atomic E-state index is 11.0. The number of rotatable bonds is 5. The normalized spacial score (nSPS) is 21.2. The van der Waals surface area contributed by atoms with E-state index in [0.29, 0.717) is 24.3 Å². The number of ether oxygens (including phenoxy) is 1. The number of nitro benzene ring substituents is 1. The van der Waals surface area contributed by atoms with Crippen LogP contribution in [-0.4, -0.2) is 46.5 Å². The molecule has 1 aliphatic rings. The van der Waals surface area contributed by atoms with E-state index in [2.05, 4.69) is 5.32 Å². The second-order valence-corrected chi connectivity index (χ2v) is 5.11. The maximum absolute atomic E-state index is 11.0. The number of aliphatic hydroxyl groups is 1. The number of carboxylic acids is 1. The summed E-state index contributed by atoms with van der Waals surface area (Å²) in [5.41, 5.74) is -0.841. The van der Waals surface area contributed by atoms with E-state index >= 15 is 0 Å². The largest absolute Gasteiger partial charge is 0.478 e. The van der Waals surface area contributed by atoms with Gasteiger partial charge in [-0.1, -0.05) is 0 Å². The van der Waals surface area contributed by atoms with Gasteiger partial charge in [0.2, 0.25) is 0 Å². The third-order valence-electron chi connectivity index (χ3n) is 3.51. The van der Waals surface area contributed by atoms with Crippen molar-refractivity contribution in [2.45, 2.75) is 18.9 Å². The highest BCUT2D eigenvalue weighted by molar-refractivity contribution is 5.90. The van der Waals surface area contributed by atoms with Gasteiger partial charge in [-0.25, -0.2) is 4.79 Å². The van der Waals surface area contributed by atoms with Gasteiger partial charge >= 0.3 is 5.97 Å². The molecule has 1 heterocycles. The summed E-state index contributed by atoms with van der Waals surface area (Å²) in [5.74, 6) is -1.25. The average molecular weight is 296 g/mol. The highest BCUT2D eigenvalue weighted by Gasteiger charge is 2.32. The molecule has 1 aromatic carbocycles. The van der Waals surface area contributed by atoms with E-state index in [1.165, 1.54) is 13.0 Å². The van der Waals surface area contributed by atoms with Crippen LogP contribution in [0.1, 0.15) is 22.3 Å². The van der Waals surface area contributed by atoms with Crippen LogP contribution in [-0.2, 0) is 4.74 Å². The molecule has 0 aromatic heterocycles. The molecule has 8 nitrogen and oxygen atoms in total. The van der Waals surface area contributed by atoms with E-state index in [1.54, 1.807) is 0 Å². The second kappa shape index (κ2) is 5.66. The number of aromatic carboxylic acids is 1. The molecule has 0 radical (unpaired) electrons. The van der Waals surface area contributed by atoms with Gasteiger partial charge in [0.05, 0.1) is 17.1 Å². The number of nitrogens with one attached hydrogen (secondary N) is 1. The standard InChI is InChI=1S/C13H16N2O6/c1-8-10(14-6-13(18)2-3-21-7-13)4-9(12(16)17)5-11(8)15(19)20/h4-5,14,18H,2-3,6-7H2,1H3,(H,16,17). The van der Waals surface area contributed by atoms with Crippen LogP contribution in [0, 0.1) is 17.0 Å². The summed E-state index contributed by atoms with van der Waals surface area (Å²) in [6.07, 6.45) is 0.458. The summed E-state index contributed by atoms with van der Waals surface area (Å²) in [6, 6.07) is 2.35. The summed E-state index contributed by atoms with van der Waals surface area (Å²) in [7, 11) is 0. The molecule has 1 unspecified atom stereocenters. The van der Waals surface area contributed by atoms with E-state index in [-0.39, 0.29) is 24.4 Å². The van der Waals surface area contributed by atoms with Gasteiger partial charge in [-0.2, -0.15) is 0 Å². The minimum absolute atomic E-state index is 0.133. The predicted octanol–water partition coefficient (Wildman–Crippen LogP) is 1.16. The Hall–Kier alpha value is -2.19. The molecule has 2 rings (SSSR count). The zero-order chi connectivity index (χ0) is 15.6. The van der Waals surface area contributed by atoms with Crippen molar-refractivity contribution in [2.24, 2.45) is 0 Å². The van der Waals surface area contributed by atoms with Gasteiger partial charge in [0, 0.05) is 36.9 Å². The molecule has 0 spiro atoms. The van der Waals surface area contributed by atoms with Crippen molar-refractivity contribution < 1.29 is 24.7 Å². The van der Waals surface area contributed by atoms with Crippen LogP contribution in [0.4, 0.5) is 11.4 Å². The second-order valence-electron chi connectivity index (χ2n) is 5.11. The Bertz CT molecular complexity index is 580. The Labute approximate surface area is 120 Å². The summed E-state index contributed by atoms with van der Waals surface area (Å²) in [4.78, 5) is 21.4. The van der Waals surface area contributed by atoms with Crippen LogP contribution in [0.3, 0.4) is 0 Å². The van der Waals surface area contributed by atoms with Crippen molar-refractivity contribution in [3.05, 3.63) is 33.4 Å². The minimum Gasteiger partial charge on any atom is -0.478 e. The number of anilines is 1. The third-order valence-corrected chi connectivity index (χ3v) is 3.51. The van der Waals surface area contributed by atoms with E-state index in [4.69, 9.17) is 9.84 Å². The monoisotopic (exact) mass is 296 g/mol. The minimum atomic E-state index is -1.25. The van der Waals surface area contributed by atoms with Gasteiger partial charge in [-0.3, -0.25) is 10.1 Å². The molecule has 0 aliphatic carbocycles. The van der Waals surface area contributed by atoms with Gasteiger partial charge in [-0.05, 0) is 13.0 Å². The summed E-state index contributed by atoms with van der Waals surface area (Å²) >= 11 is 0. The van der Waals surface area contributed by atoms with Crippen LogP contribution in [0.2, 0.25) is 0 Å². The van der Waals surface area contributed by atoms with Crippen LogP contribution in [0.5, 0.6) is 0 Å². The third kappa shape index (κ3) is 3.29. The number of carboxylic acid groups (broad SMARTS) is 1. The maximum Gasteiger partial charge on any atom is 0.336 e. The van der Waals surface area contributed by atoms with E-state index in [9.17, 15) is 20.0 Å². The first-order valence-electron chi connectivity index (χ1n) is 6.39. The Balaban J connectivity index is 2.29. The molecule has 0 saturated carbocycles. The van der Waals surface area contributed by atoms with Gasteiger partial charge < -0.3 is 20.3 Å². The Morgan fingerprint density at radius 1 is 1.57 bits per heavy atom. The van der Waals surface area contributed by atoms with Crippen LogP contribution < -0.4 is 5.32 Å². The SMILES string of the molecule is Cc1c(NCC2(O)CCOC2)cc(C(=O)O)cc1[N+](=O)[O-]. The molecule has 1 aromatic rings. The summed E-state index contributed by atoms with van der Waals surface area (Å²) < 4.78 is 5.11. The van der Waals surface area contributed by atoms with E-state index in [0.717, 1.165) is 6.07 Å². The molecule has 21 heavy (non-hydrogen) atoms. The lowest BCUT2D eigenvalue weighted by Gasteiger charge is -2.22. The van der Waals surface area contributed by atoms with Gasteiger partial charge in [-0.15, -0.1) is 0 Å². The fourth-order valence-corrected chi connectivity index (χ4v) is 2.19. The smallest absolute Gasteiger partial charge is 0.336 e. The molecule has 1 aliphatic heterocycles. The highest BCUT2D eigenvalue weighted by Crippen LogP contribution is 2.29. The molecule has 0 bridgehead atoms. The predicted molar refractivity (Wildman–Crippen MR) is 73.7 cm³/mol. The molecule has 8 heteroatoms. The highest BCUT2D eigenvalue weighted by atomic mass is 16.6. The lowest BCUT2D eigenvalue weighted by atomic mass is 10.0. The summed E-state index contributed by atoms with van der Waals surface area (Å²) in [6.45, 7) is 2.29. The van der Waals surface area contributed by atoms with Crippen molar-refractivity contribution in [1.29, 1.82) is 0 Å². The lowest BCUT2D eigenvalue weighted by molar-refractivity contribution is -0.385. The number of nitro groups is 1. The quantitative estimate of drug-likeness (QED) is 0.550. The molecule has 114 valence electrons. The fourth-order valence-electron chi connectivity index (χ4n) is 2.19. The van der Waals surface area contributed by atoms with Gasteiger partial charge in [0.1, 0.15) is 5.60 Å². The molecule has 3 N–H and O–H groups in total. The van der Waals surface area contributed by atoms with Crippen molar-refractivity contribution in [3.63, 3.8) is 0 Å². The van der Waals surface area contributed by atoms with Crippen molar-refractivity contribution in [2.75, 3.05) is 25.1 Å². The topological polar surface area (TPSA) is 122 Å². The van der Waals surface area contributed by atoms with E-state index in [1.807, 2.05) is 0 Å². The Kier molecular flexibility index (Phi) is 4.10. The fraction of sp³-hybridized carbons (Fsp3) is 0.462. The molecular formula is C13H16N2O6. The Morgan fingerprint density at radius 2 is 2.29 bits per heavy atom. The first kappa shape index (κ1) is 15.2. The zero-order valence-electron chi connectivity index (χ0n) is 11.5. The molecule has 1 fully saturated rings. The Morgan fingerprint density at radius 3 is 2.81 bits per heavy atom. The number of benzene rings is 1. The van der Waals surface area contributed by atoms with Gasteiger partial charge in [0.25, 0.3) is 5.69 Å². The van der Waals surface area contributed by atoms with Crippen LogP contribution >= 0.6 is 0 Å². The van der Waals surface area contributed by atoms with E-state index < -0.39 is 16.5 Å². The summed E-state index contributed by atoms with van der Waals surface area (Å²) in [5, 5.41) is 33.1. The lowest BCUT2D eigenvalue weighted by Crippen LogP contribution is -2.37. The first-order chi connectivity index (χ1) is 9.82. The number of hydrogen-bond acceptors (Lipinski definition) is 6.